The molecule has 2 rings (SSSR count). The lowest BCUT2D eigenvalue weighted by Crippen LogP contribution is -2.31. The average Bonchev–Trinajstić information content (AvgIpc) is 2.70. The first kappa shape index (κ1) is 14.5. The Bertz CT molecular complexity index is 490. The maximum absolute atomic E-state index is 12.5. The molecule has 1 aromatic heterocycles. The number of aliphatic hydroxyl groups is 1. The summed E-state index contributed by atoms with van der Waals surface area (Å²) in [5.41, 5.74) is 0. The molecular weight excluding hydrogens is 266 g/mol. The minimum Gasteiger partial charge on any atom is -0.396 e. The van der Waals surface area contributed by atoms with Crippen LogP contribution in [0, 0.1) is 0 Å². The molecule has 1 N–H and O–H groups in total. The Kier molecular flexibility index (Phi) is 4.95. The first-order valence-electron chi connectivity index (χ1n) is 6.78. The summed E-state index contributed by atoms with van der Waals surface area (Å²) in [5.74, 6) is 0. The number of hydrogen-bond acceptors (Lipinski definition) is 4. The van der Waals surface area contributed by atoms with Crippen molar-refractivity contribution in [3.05, 3.63) is 12.4 Å². The second-order valence-electron chi connectivity index (χ2n) is 4.83. The van der Waals surface area contributed by atoms with Crippen molar-refractivity contribution in [1.29, 1.82) is 0 Å². The van der Waals surface area contributed by atoms with Crippen LogP contribution < -0.4 is 0 Å². The minimum atomic E-state index is -3.40. The fourth-order valence-corrected chi connectivity index (χ4v) is 3.74. The maximum Gasteiger partial charge on any atom is 0.246 e. The number of rotatable bonds is 5. The van der Waals surface area contributed by atoms with Gasteiger partial charge in [0.15, 0.2) is 0 Å². The molecule has 0 amide bonds. The first-order chi connectivity index (χ1) is 9.14. The molecule has 2 heterocycles. The zero-order valence-electron chi connectivity index (χ0n) is 11.0. The summed E-state index contributed by atoms with van der Waals surface area (Å²) in [7, 11) is -3.40. The maximum atomic E-state index is 12.5. The molecule has 6 nitrogen and oxygen atoms in total. The van der Waals surface area contributed by atoms with Crippen LogP contribution in [-0.2, 0) is 16.6 Å². The van der Waals surface area contributed by atoms with Crippen molar-refractivity contribution in [2.24, 2.45) is 0 Å². The van der Waals surface area contributed by atoms with Crippen LogP contribution >= 0.6 is 0 Å². The second-order valence-corrected chi connectivity index (χ2v) is 6.77. The number of aliphatic hydroxyl groups excluding tert-OH is 1. The summed E-state index contributed by atoms with van der Waals surface area (Å²) >= 11 is 0. The first-order valence-corrected chi connectivity index (χ1v) is 8.22. The summed E-state index contributed by atoms with van der Waals surface area (Å²) in [5, 5.41) is 12.8. The van der Waals surface area contributed by atoms with Crippen molar-refractivity contribution >= 4 is 10.0 Å². The van der Waals surface area contributed by atoms with Gasteiger partial charge in [0, 0.05) is 32.4 Å². The van der Waals surface area contributed by atoms with Crippen LogP contribution in [0.4, 0.5) is 0 Å². The Morgan fingerprint density at radius 1 is 1.21 bits per heavy atom. The van der Waals surface area contributed by atoms with Gasteiger partial charge in [-0.05, 0) is 19.3 Å². The van der Waals surface area contributed by atoms with Gasteiger partial charge in [0.2, 0.25) is 10.0 Å². The molecule has 108 valence electrons. The van der Waals surface area contributed by atoms with Gasteiger partial charge in [-0.2, -0.15) is 9.40 Å². The molecule has 1 aliphatic heterocycles. The van der Waals surface area contributed by atoms with Gasteiger partial charge >= 0.3 is 0 Å². The summed E-state index contributed by atoms with van der Waals surface area (Å²) < 4.78 is 28.0. The SMILES string of the molecule is O=S(=O)(c1cnn(CCCO)c1)N1CCCCCC1. The molecule has 0 unspecified atom stereocenters. The lowest BCUT2D eigenvalue weighted by Gasteiger charge is -2.18. The monoisotopic (exact) mass is 287 g/mol. The van der Waals surface area contributed by atoms with Gasteiger partial charge in [-0.3, -0.25) is 4.68 Å². The van der Waals surface area contributed by atoms with Crippen molar-refractivity contribution in [2.45, 2.75) is 43.5 Å². The van der Waals surface area contributed by atoms with E-state index in [1.807, 2.05) is 0 Å². The molecule has 0 saturated carbocycles. The fraction of sp³-hybridized carbons (Fsp3) is 0.750. The Balaban J connectivity index is 2.11. The molecule has 7 heteroatoms. The van der Waals surface area contributed by atoms with Crippen LogP contribution in [0.2, 0.25) is 0 Å². The standard InChI is InChI=1S/C12H21N3O3S/c16-9-5-6-14-11-12(10-13-14)19(17,18)15-7-3-1-2-4-8-15/h10-11,16H,1-9H2. The Labute approximate surface area is 114 Å². The highest BCUT2D eigenvalue weighted by Crippen LogP contribution is 2.19. The van der Waals surface area contributed by atoms with E-state index in [9.17, 15) is 8.42 Å². The Morgan fingerprint density at radius 2 is 1.89 bits per heavy atom. The van der Waals surface area contributed by atoms with Gasteiger partial charge in [-0.25, -0.2) is 8.42 Å². The lowest BCUT2D eigenvalue weighted by atomic mass is 10.2. The quantitative estimate of drug-likeness (QED) is 0.870. The fourth-order valence-electron chi connectivity index (χ4n) is 2.26. The number of aromatic nitrogens is 2. The highest BCUT2D eigenvalue weighted by molar-refractivity contribution is 7.89. The van der Waals surface area contributed by atoms with Crippen LogP contribution in [0.5, 0.6) is 0 Å². The summed E-state index contributed by atoms with van der Waals surface area (Å²) in [6.07, 6.45) is 7.58. The molecule has 1 aromatic rings. The van der Waals surface area contributed by atoms with Gasteiger partial charge in [-0.1, -0.05) is 12.8 Å². The van der Waals surface area contributed by atoms with Crippen LogP contribution in [0.25, 0.3) is 0 Å². The highest BCUT2D eigenvalue weighted by atomic mass is 32.2. The third kappa shape index (κ3) is 3.55. The van der Waals surface area contributed by atoms with E-state index in [2.05, 4.69) is 5.10 Å². The Morgan fingerprint density at radius 3 is 2.53 bits per heavy atom. The molecule has 0 atom stereocenters. The van der Waals surface area contributed by atoms with E-state index in [-0.39, 0.29) is 11.5 Å². The van der Waals surface area contributed by atoms with Crippen LogP contribution in [-0.4, -0.2) is 47.3 Å². The zero-order valence-corrected chi connectivity index (χ0v) is 11.8. The summed E-state index contributed by atoms with van der Waals surface area (Å²) in [4.78, 5) is 0.257. The van der Waals surface area contributed by atoms with E-state index >= 15 is 0 Å². The van der Waals surface area contributed by atoms with Crippen molar-refractivity contribution < 1.29 is 13.5 Å². The molecule has 0 aromatic carbocycles. The van der Waals surface area contributed by atoms with Crippen molar-refractivity contribution in [1.82, 2.24) is 14.1 Å². The van der Waals surface area contributed by atoms with Crippen LogP contribution in [0.15, 0.2) is 17.3 Å². The molecule has 0 aliphatic carbocycles. The predicted molar refractivity (Wildman–Crippen MR) is 71.2 cm³/mol. The van der Waals surface area contributed by atoms with Crippen LogP contribution in [0.3, 0.4) is 0 Å². The number of sulfonamides is 1. The van der Waals surface area contributed by atoms with E-state index in [1.165, 1.54) is 6.20 Å². The van der Waals surface area contributed by atoms with Crippen molar-refractivity contribution in [2.75, 3.05) is 19.7 Å². The molecule has 1 saturated heterocycles. The molecule has 0 radical (unpaired) electrons. The van der Waals surface area contributed by atoms with E-state index in [1.54, 1.807) is 15.2 Å². The summed E-state index contributed by atoms with van der Waals surface area (Å²) in [6.45, 7) is 1.81. The minimum absolute atomic E-state index is 0.0774. The lowest BCUT2D eigenvalue weighted by molar-refractivity contribution is 0.277. The molecule has 0 bridgehead atoms. The van der Waals surface area contributed by atoms with Gasteiger partial charge < -0.3 is 5.11 Å². The van der Waals surface area contributed by atoms with Gasteiger partial charge in [-0.15, -0.1) is 0 Å². The second kappa shape index (κ2) is 6.49. The van der Waals surface area contributed by atoms with E-state index < -0.39 is 10.0 Å². The van der Waals surface area contributed by atoms with Crippen molar-refractivity contribution in [3.63, 3.8) is 0 Å². The third-order valence-corrected chi connectivity index (χ3v) is 5.21. The van der Waals surface area contributed by atoms with Crippen molar-refractivity contribution in [3.8, 4) is 0 Å². The molecule has 19 heavy (non-hydrogen) atoms. The predicted octanol–water partition coefficient (Wildman–Crippen LogP) is 0.830. The van der Waals surface area contributed by atoms with Crippen LogP contribution in [0.1, 0.15) is 32.1 Å². The molecule has 1 fully saturated rings. The van der Waals surface area contributed by atoms with Gasteiger partial charge in [0.1, 0.15) is 4.90 Å². The topological polar surface area (TPSA) is 75.4 Å². The highest BCUT2D eigenvalue weighted by Gasteiger charge is 2.26. The van der Waals surface area contributed by atoms with Gasteiger partial charge in [0.05, 0.1) is 6.20 Å². The largest absolute Gasteiger partial charge is 0.396 e. The van der Waals surface area contributed by atoms with Gasteiger partial charge in [0.25, 0.3) is 0 Å². The smallest absolute Gasteiger partial charge is 0.246 e. The van der Waals surface area contributed by atoms with E-state index in [0.29, 0.717) is 26.1 Å². The zero-order chi connectivity index (χ0) is 13.7. The number of nitrogens with zero attached hydrogens (tertiary/aromatic N) is 3. The number of aryl methyl sites for hydroxylation is 1. The molecular formula is C12H21N3O3S. The summed E-state index contributed by atoms with van der Waals surface area (Å²) in [6, 6.07) is 0. The molecule has 0 spiro atoms. The normalized spacial score (nSPS) is 18.4. The average molecular weight is 287 g/mol. The Hall–Kier alpha value is -0.920. The number of hydrogen-bond donors (Lipinski definition) is 1. The van der Waals surface area contributed by atoms with E-state index in [4.69, 9.17) is 5.11 Å². The molecule has 1 aliphatic rings. The van der Waals surface area contributed by atoms with E-state index in [0.717, 1.165) is 25.7 Å². The third-order valence-electron chi connectivity index (χ3n) is 3.36.